The van der Waals surface area contributed by atoms with E-state index in [-0.39, 0.29) is 5.56 Å². The van der Waals surface area contributed by atoms with Gasteiger partial charge in [-0.05, 0) is 53.7 Å². The van der Waals surface area contributed by atoms with Crippen LogP contribution in [-0.2, 0) is 15.7 Å². The molecule has 0 fully saturated rings. The molecular weight excluding hydrogens is 391 g/mol. The fraction of sp³-hybridized carbons (Fsp3) is 0.167. The lowest BCUT2D eigenvalue weighted by molar-refractivity contribution is -0.137. The summed E-state index contributed by atoms with van der Waals surface area (Å²) in [5.74, 6) is -1.69. The zero-order valence-corrected chi connectivity index (χ0v) is 14.9. The van der Waals surface area contributed by atoms with Crippen molar-refractivity contribution in [2.24, 2.45) is 0 Å². The summed E-state index contributed by atoms with van der Waals surface area (Å²) in [4.78, 5) is 24.4. The first kappa shape index (κ1) is 20.0. The summed E-state index contributed by atoms with van der Waals surface area (Å²) >= 11 is 0. The molecule has 1 heterocycles. The number of esters is 1. The lowest BCUT2D eigenvalue weighted by Gasteiger charge is -2.17. The van der Waals surface area contributed by atoms with Crippen LogP contribution in [-0.4, -0.2) is 38.2 Å². The van der Waals surface area contributed by atoms with Crippen LogP contribution >= 0.6 is 0 Å². The summed E-state index contributed by atoms with van der Waals surface area (Å²) in [6.45, 7) is 1.26. The number of para-hydroxylation sites is 1. The molecule has 2 aromatic carbocycles. The van der Waals surface area contributed by atoms with Crippen LogP contribution in [0.1, 0.15) is 22.8 Å². The van der Waals surface area contributed by atoms with Gasteiger partial charge in [-0.25, -0.2) is 9.48 Å². The van der Waals surface area contributed by atoms with Gasteiger partial charge in [0.15, 0.2) is 6.10 Å². The second-order valence-corrected chi connectivity index (χ2v) is 5.88. The van der Waals surface area contributed by atoms with Crippen molar-refractivity contribution in [3.8, 4) is 5.69 Å². The van der Waals surface area contributed by atoms with Gasteiger partial charge in [-0.3, -0.25) is 4.79 Å². The number of carbonyl (C=O) groups is 2. The highest BCUT2D eigenvalue weighted by Crippen LogP contribution is 2.34. The Kier molecular flexibility index (Phi) is 5.57. The van der Waals surface area contributed by atoms with Gasteiger partial charge in [0.1, 0.15) is 6.33 Å². The smallest absolute Gasteiger partial charge is 0.418 e. The molecule has 1 N–H and O–H groups in total. The van der Waals surface area contributed by atoms with Crippen LogP contribution in [0, 0.1) is 0 Å². The minimum atomic E-state index is -4.63. The zero-order valence-electron chi connectivity index (χ0n) is 14.9. The Morgan fingerprint density at radius 3 is 2.41 bits per heavy atom. The molecule has 1 unspecified atom stereocenters. The van der Waals surface area contributed by atoms with E-state index >= 15 is 0 Å². The molecule has 150 valence electrons. The average molecular weight is 405 g/mol. The van der Waals surface area contributed by atoms with Gasteiger partial charge < -0.3 is 10.1 Å². The van der Waals surface area contributed by atoms with Crippen molar-refractivity contribution in [2.45, 2.75) is 19.2 Å². The summed E-state index contributed by atoms with van der Waals surface area (Å²) in [5.41, 5.74) is -0.665. The third kappa shape index (κ3) is 4.75. The monoisotopic (exact) mass is 405 g/mol. The number of halogens is 3. The number of anilines is 1. The van der Waals surface area contributed by atoms with Crippen molar-refractivity contribution >= 4 is 17.6 Å². The van der Waals surface area contributed by atoms with E-state index < -0.39 is 35.4 Å². The number of rotatable bonds is 5. The third-order valence-corrected chi connectivity index (χ3v) is 3.86. The molecule has 0 spiro atoms. The molecule has 8 nitrogen and oxygen atoms in total. The van der Waals surface area contributed by atoms with Crippen LogP contribution in [0.2, 0.25) is 0 Å². The number of nitrogens with one attached hydrogen (secondary N) is 1. The van der Waals surface area contributed by atoms with Gasteiger partial charge >= 0.3 is 12.1 Å². The number of benzene rings is 2. The summed E-state index contributed by atoms with van der Waals surface area (Å²) < 4.78 is 45.5. The van der Waals surface area contributed by atoms with E-state index in [0.29, 0.717) is 5.69 Å². The minimum Gasteiger partial charge on any atom is -0.449 e. The van der Waals surface area contributed by atoms with Crippen molar-refractivity contribution in [1.29, 1.82) is 0 Å². The van der Waals surface area contributed by atoms with Crippen LogP contribution < -0.4 is 5.32 Å². The first-order valence-corrected chi connectivity index (χ1v) is 8.27. The summed E-state index contributed by atoms with van der Waals surface area (Å²) in [6, 6.07) is 10.6. The number of hydrogen-bond acceptors (Lipinski definition) is 6. The molecule has 1 aromatic heterocycles. The molecule has 3 rings (SSSR count). The minimum absolute atomic E-state index is 0.150. The summed E-state index contributed by atoms with van der Waals surface area (Å²) in [6.07, 6.45) is -4.58. The van der Waals surface area contributed by atoms with Crippen molar-refractivity contribution in [1.82, 2.24) is 20.2 Å². The fourth-order valence-electron chi connectivity index (χ4n) is 2.39. The van der Waals surface area contributed by atoms with Crippen LogP contribution in [0.15, 0.2) is 54.9 Å². The summed E-state index contributed by atoms with van der Waals surface area (Å²) in [7, 11) is 0. The number of tetrazole rings is 1. The van der Waals surface area contributed by atoms with Crippen molar-refractivity contribution in [2.75, 3.05) is 5.32 Å². The third-order valence-electron chi connectivity index (χ3n) is 3.86. The van der Waals surface area contributed by atoms with E-state index in [4.69, 9.17) is 4.74 Å². The van der Waals surface area contributed by atoms with E-state index in [0.717, 1.165) is 12.1 Å². The second-order valence-electron chi connectivity index (χ2n) is 5.88. The average Bonchev–Trinajstić information content (AvgIpc) is 3.22. The number of carbonyl (C=O) groups excluding carboxylic acids is 2. The number of aromatic nitrogens is 4. The van der Waals surface area contributed by atoms with Gasteiger partial charge in [-0.2, -0.15) is 13.2 Å². The zero-order chi connectivity index (χ0) is 21.0. The van der Waals surface area contributed by atoms with Gasteiger partial charge in [0, 0.05) is 0 Å². The Hall–Kier alpha value is -3.76. The standard InChI is InChI=1S/C18H14F3N5O3/c1-11(16(27)23-15-5-3-2-4-14(15)18(19,20)21)29-17(28)12-6-8-13(9-7-12)26-10-22-24-25-26/h2-11H,1H3,(H,23,27). The van der Waals surface area contributed by atoms with Crippen LogP contribution in [0.3, 0.4) is 0 Å². The van der Waals surface area contributed by atoms with Crippen molar-refractivity contribution in [3.63, 3.8) is 0 Å². The van der Waals surface area contributed by atoms with Gasteiger partial charge in [0.2, 0.25) is 0 Å². The van der Waals surface area contributed by atoms with Crippen molar-refractivity contribution < 1.29 is 27.5 Å². The van der Waals surface area contributed by atoms with Crippen LogP contribution in [0.25, 0.3) is 5.69 Å². The maximum atomic E-state index is 13.0. The number of nitrogens with zero attached hydrogens (tertiary/aromatic N) is 4. The lowest BCUT2D eigenvalue weighted by atomic mass is 10.1. The number of ether oxygens (including phenoxy) is 1. The molecule has 11 heteroatoms. The molecule has 0 saturated carbocycles. The molecule has 0 aliphatic rings. The molecule has 3 aromatic rings. The van der Waals surface area contributed by atoms with Gasteiger partial charge in [0.05, 0.1) is 22.5 Å². The maximum Gasteiger partial charge on any atom is 0.418 e. The predicted octanol–water partition coefficient (Wildman–Crippen LogP) is 2.87. The SMILES string of the molecule is CC(OC(=O)c1ccc(-n2cnnn2)cc1)C(=O)Nc1ccccc1C(F)(F)F. The summed E-state index contributed by atoms with van der Waals surface area (Å²) in [5, 5.41) is 12.8. The van der Waals surface area contributed by atoms with Crippen LogP contribution in [0.5, 0.6) is 0 Å². The van der Waals surface area contributed by atoms with E-state index in [1.165, 1.54) is 42.2 Å². The normalized spacial score (nSPS) is 12.3. The quantitative estimate of drug-likeness (QED) is 0.656. The molecule has 0 radical (unpaired) electrons. The first-order valence-electron chi connectivity index (χ1n) is 8.27. The fourth-order valence-corrected chi connectivity index (χ4v) is 2.39. The maximum absolute atomic E-state index is 13.0. The lowest BCUT2D eigenvalue weighted by Crippen LogP contribution is -2.30. The molecular formula is C18H14F3N5O3. The van der Waals surface area contributed by atoms with Gasteiger partial charge in [-0.1, -0.05) is 12.1 Å². The molecule has 0 aliphatic heterocycles. The Balaban J connectivity index is 1.65. The van der Waals surface area contributed by atoms with Gasteiger partial charge in [-0.15, -0.1) is 5.10 Å². The van der Waals surface area contributed by atoms with E-state index in [1.54, 1.807) is 12.1 Å². The highest BCUT2D eigenvalue weighted by atomic mass is 19.4. The molecule has 1 amide bonds. The first-order chi connectivity index (χ1) is 13.8. The number of hydrogen-bond donors (Lipinski definition) is 1. The van der Waals surface area contributed by atoms with Crippen molar-refractivity contribution in [3.05, 3.63) is 66.0 Å². The predicted molar refractivity (Wildman–Crippen MR) is 94.1 cm³/mol. The highest BCUT2D eigenvalue weighted by Gasteiger charge is 2.34. The molecule has 0 saturated heterocycles. The molecule has 0 bridgehead atoms. The Labute approximate surface area is 162 Å². The van der Waals surface area contributed by atoms with Gasteiger partial charge in [0.25, 0.3) is 5.91 Å². The molecule has 1 atom stereocenters. The van der Waals surface area contributed by atoms with Crippen LogP contribution in [0.4, 0.5) is 18.9 Å². The Bertz CT molecular complexity index is 1000. The Morgan fingerprint density at radius 2 is 1.79 bits per heavy atom. The van der Waals surface area contributed by atoms with E-state index in [2.05, 4.69) is 20.8 Å². The Morgan fingerprint density at radius 1 is 1.10 bits per heavy atom. The number of alkyl halides is 3. The second kappa shape index (κ2) is 8.09. The molecule has 29 heavy (non-hydrogen) atoms. The highest BCUT2D eigenvalue weighted by molar-refractivity contribution is 5.97. The van der Waals surface area contributed by atoms with E-state index in [1.807, 2.05) is 0 Å². The number of amides is 1. The van der Waals surface area contributed by atoms with E-state index in [9.17, 15) is 22.8 Å². The topological polar surface area (TPSA) is 99.0 Å². The largest absolute Gasteiger partial charge is 0.449 e. The molecule has 0 aliphatic carbocycles.